The maximum Gasteiger partial charge on any atom is 0.237 e. The summed E-state index contributed by atoms with van der Waals surface area (Å²) in [5, 5.41) is 0. The van der Waals surface area contributed by atoms with E-state index >= 15 is 0 Å². The predicted molar refractivity (Wildman–Crippen MR) is 41.3 cm³/mol. The number of nitrogens with zero attached hydrogens (tertiary/aromatic N) is 1. The molecule has 0 aliphatic rings. The molecule has 2 nitrogen and oxygen atoms in total. The minimum atomic E-state index is -0.595. The third-order valence-electron chi connectivity index (χ3n) is 0.844. The summed E-state index contributed by atoms with van der Waals surface area (Å²) in [6, 6.07) is 3.14. The lowest BCUT2D eigenvalue weighted by Crippen LogP contribution is -1.94. The van der Waals surface area contributed by atoms with Crippen molar-refractivity contribution < 1.29 is 4.39 Å². The molecule has 0 atom stereocenters. The van der Waals surface area contributed by atoms with Crippen molar-refractivity contribution in [3.8, 4) is 0 Å². The molecule has 1 aromatic rings. The lowest BCUT2D eigenvalue weighted by molar-refractivity contribution is 0.586. The zero-order valence-electron chi connectivity index (χ0n) is 4.44. The van der Waals surface area contributed by atoms with Gasteiger partial charge in [-0.05, 0) is 34.7 Å². The van der Waals surface area contributed by atoms with Gasteiger partial charge in [-0.3, -0.25) is 0 Å². The number of anilines is 1. The smallest absolute Gasteiger partial charge is 0.237 e. The van der Waals surface area contributed by atoms with Crippen molar-refractivity contribution in [1.29, 1.82) is 0 Å². The van der Waals surface area contributed by atoms with Crippen molar-refractivity contribution in [1.82, 2.24) is 4.98 Å². The maximum absolute atomic E-state index is 12.3. The van der Waals surface area contributed by atoms with Gasteiger partial charge in [-0.25, -0.2) is 4.98 Å². The molecule has 0 aromatic carbocycles. The molecule has 0 spiro atoms. The third-order valence-corrected chi connectivity index (χ3v) is 1.44. The first-order valence-electron chi connectivity index (χ1n) is 2.27. The zero-order valence-corrected chi connectivity index (χ0v) is 6.59. The van der Waals surface area contributed by atoms with E-state index in [0.717, 1.165) is 0 Å². The van der Waals surface area contributed by atoms with E-state index in [4.69, 9.17) is 5.73 Å². The molecule has 1 rings (SSSR count). The summed E-state index contributed by atoms with van der Waals surface area (Å²) in [5.41, 5.74) is 5.24. The monoisotopic (exact) mass is 238 g/mol. The van der Waals surface area contributed by atoms with E-state index in [-0.39, 0.29) is 5.69 Å². The highest BCUT2D eigenvalue weighted by molar-refractivity contribution is 14.1. The van der Waals surface area contributed by atoms with Gasteiger partial charge in [0.1, 0.15) is 3.70 Å². The molecule has 0 aliphatic heterocycles. The number of halogens is 2. The van der Waals surface area contributed by atoms with E-state index in [1.807, 2.05) is 22.6 Å². The van der Waals surface area contributed by atoms with Crippen molar-refractivity contribution in [2.45, 2.75) is 0 Å². The molecule has 0 saturated heterocycles. The molecule has 2 N–H and O–H groups in total. The van der Waals surface area contributed by atoms with Gasteiger partial charge in [-0.15, -0.1) is 0 Å². The normalized spacial score (nSPS) is 9.56. The van der Waals surface area contributed by atoms with Crippen LogP contribution in [-0.4, -0.2) is 4.98 Å². The summed E-state index contributed by atoms with van der Waals surface area (Å²) >= 11 is 1.92. The van der Waals surface area contributed by atoms with Crippen molar-refractivity contribution >= 4 is 28.3 Å². The van der Waals surface area contributed by atoms with E-state index in [1.54, 1.807) is 6.07 Å². The van der Waals surface area contributed by atoms with E-state index in [2.05, 4.69) is 4.98 Å². The standard InChI is InChI=1S/C5H4FIN2/c6-5-3(8)1-2-4(7)9-5/h1-2H,8H2. The quantitative estimate of drug-likeness (QED) is 0.548. The highest BCUT2D eigenvalue weighted by Crippen LogP contribution is 2.08. The molecule has 0 unspecified atom stereocenters. The first-order valence-corrected chi connectivity index (χ1v) is 3.35. The molecule has 0 bridgehead atoms. The van der Waals surface area contributed by atoms with Crippen LogP contribution >= 0.6 is 22.6 Å². The number of hydrogen-bond acceptors (Lipinski definition) is 2. The van der Waals surface area contributed by atoms with Gasteiger partial charge in [-0.2, -0.15) is 4.39 Å². The average molecular weight is 238 g/mol. The zero-order chi connectivity index (χ0) is 6.85. The second kappa shape index (κ2) is 2.47. The van der Waals surface area contributed by atoms with Crippen LogP contribution in [0.2, 0.25) is 0 Å². The molecule has 0 fully saturated rings. The lowest BCUT2D eigenvalue weighted by Gasteiger charge is -1.92. The number of pyridine rings is 1. The van der Waals surface area contributed by atoms with Crippen molar-refractivity contribution in [2.75, 3.05) is 5.73 Å². The van der Waals surface area contributed by atoms with Crippen LogP contribution in [0.1, 0.15) is 0 Å². The van der Waals surface area contributed by atoms with E-state index < -0.39 is 5.95 Å². The second-order valence-electron chi connectivity index (χ2n) is 1.51. The van der Waals surface area contributed by atoms with Gasteiger partial charge < -0.3 is 5.73 Å². The molecule has 1 aromatic heterocycles. The summed E-state index contributed by atoms with van der Waals surface area (Å²) < 4.78 is 12.9. The molecular weight excluding hydrogens is 234 g/mol. The number of nitrogen functional groups attached to an aromatic ring is 1. The fourth-order valence-electron chi connectivity index (χ4n) is 0.423. The molecule has 48 valence electrons. The van der Waals surface area contributed by atoms with Crippen molar-refractivity contribution in [3.05, 3.63) is 21.8 Å². The Balaban J connectivity index is 3.17. The number of aromatic nitrogens is 1. The molecule has 0 aliphatic carbocycles. The van der Waals surface area contributed by atoms with E-state index in [0.29, 0.717) is 3.70 Å². The van der Waals surface area contributed by atoms with Crippen LogP contribution in [0.15, 0.2) is 12.1 Å². The van der Waals surface area contributed by atoms with Gasteiger partial charge >= 0.3 is 0 Å². The van der Waals surface area contributed by atoms with Crippen molar-refractivity contribution in [2.24, 2.45) is 0 Å². The summed E-state index contributed by atoms with van der Waals surface area (Å²) in [5.74, 6) is -0.595. The molecule has 0 radical (unpaired) electrons. The molecule has 0 amide bonds. The largest absolute Gasteiger partial charge is 0.395 e. The number of hydrogen-bond donors (Lipinski definition) is 1. The maximum atomic E-state index is 12.3. The Morgan fingerprint density at radius 1 is 1.56 bits per heavy atom. The fourth-order valence-corrected chi connectivity index (χ4v) is 0.814. The molecule has 4 heteroatoms. The molecular formula is C5H4FIN2. The van der Waals surface area contributed by atoms with Crippen LogP contribution in [0.25, 0.3) is 0 Å². The molecule has 9 heavy (non-hydrogen) atoms. The second-order valence-corrected chi connectivity index (χ2v) is 2.62. The summed E-state index contributed by atoms with van der Waals surface area (Å²) in [6.07, 6.45) is 0. The minimum absolute atomic E-state index is 0.0930. The Hall–Kier alpha value is -0.390. The first kappa shape index (κ1) is 6.73. The fraction of sp³-hybridized carbons (Fsp3) is 0. The van der Waals surface area contributed by atoms with Gasteiger partial charge in [0.25, 0.3) is 0 Å². The van der Waals surface area contributed by atoms with E-state index in [9.17, 15) is 4.39 Å². The van der Waals surface area contributed by atoms with Gasteiger partial charge in [0, 0.05) is 0 Å². The minimum Gasteiger partial charge on any atom is -0.395 e. The summed E-state index contributed by atoms with van der Waals surface area (Å²) in [4.78, 5) is 3.47. The van der Waals surface area contributed by atoms with E-state index in [1.165, 1.54) is 6.07 Å². The molecule has 1 heterocycles. The van der Waals surface area contributed by atoms with Crippen LogP contribution in [0.5, 0.6) is 0 Å². The predicted octanol–water partition coefficient (Wildman–Crippen LogP) is 1.41. The topological polar surface area (TPSA) is 38.9 Å². The van der Waals surface area contributed by atoms with Gasteiger partial charge in [0.2, 0.25) is 5.95 Å². The van der Waals surface area contributed by atoms with Crippen LogP contribution in [0, 0.1) is 9.65 Å². The SMILES string of the molecule is Nc1ccc(I)nc1F. The Bertz CT molecular complexity index is 226. The van der Waals surface area contributed by atoms with Gasteiger partial charge in [-0.1, -0.05) is 0 Å². The Labute approximate surface area is 65.4 Å². The van der Waals surface area contributed by atoms with Crippen LogP contribution in [-0.2, 0) is 0 Å². The van der Waals surface area contributed by atoms with Crippen LogP contribution in [0.3, 0.4) is 0 Å². The highest BCUT2D eigenvalue weighted by atomic mass is 127. The van der Waals surface area contributed by atoms with Crippen molar-refractivity contribution in [3.63, 3.8) is 0 Å². The van der Waals surface area contributed by atoms with Gasteiger partial charge in [0.15, 0.2) is 0 Å². The number of nitrogens with two attached hydrogens (primary N) is 1. The first-order chi connectivity index (χ1) is 4.20. The summed E-state index contributed by atoms with van der Waals surface area (Å²) in [6.45, 7) is 0. The highest BCUT2D eigenvalue weighted by Gasteiger charge is 1.96. The summed E-state index contributed by atoms with van der Waals surface area (Å²) in [7, 11) is 0. The van der Waals surface area contributed by atoms with Gasteiger partial charge in [0.05, 0.1) is 5.69 Å². The Morgan fingerprint density at radius 3 is 2.67 bits per heavy atom. The lowest BCUT2D eigenvalue weighted by atomic mass is 10.4. The molecule has 0 saturated carbocycles. The average Bonchev–Trinajstić information content (AvgIpc) is 1.80. The Morgan fingerprint density at radius 2 is 2.22 bits per heavy atom. The number of rotatable bonds is 0. The Kier molecular flexibility index (Phi) is 1.84. The third kappa shape index (κ3) is 1.51. The van der Waals surface area contributed by atoms with Crippen LogP contribution in [0.4, 0.5) is 10.1 Å². The van der Waals surface area contributed by atoms with Crippen LogP contribution < -0.4 is 5.73 Å².